The number of nitrogens with zero attached hydrogens (tertiary/aromatic N) is 2. The van der Waals surface area contributed by atoms with Crippen LogP contribution in [0.4, 0.5) is 0 Å². The number of aryl methyl sites for hydroxylation is 2. The fourth-order valence-electron chi connectivity index (χ4n) is 1.64. The molecule has 0 fully saturated rings. The van der Waals surface area contributed by atoms with Crippen molar-refractivity contribution in [3.8, 4) is 5.75 Å². The van der Waals surface area contributed by atoms with Gasteiger partial charge in [0, 0.05) is 6.20 Å². The summed E-state index contributed by atoms with van der Waals surface area (Å²) in [6, 6.07) is 7.33. The Morgan fingerprint density at radius 1 is 1.39 bits per heavy atom. The monoisotopic (exact) mass is 246 g/mol. The molecule has 1 heterocycles. The van der Waals surface area contributed by atoms with E-state index >= 15 is 0 Å². The van der Waals surface area contributed by atoms with E-state index in [0.29, 0.717) is 0 Å². The van der Waals surface area contributed by atoms with Crippen molar-refractivity contribution >= 4 is 5.97 Å². The largest absolute Gasteiger partial charge is 0.476 e. The van der Waals surface area contributed by atoms with Gasteiger partial charge >= 0.3 is 5.97 Å². The molecule has 0 aliphatic carbocycles. The van der Waals surface area contributed by atoms with E-state index in [1.807, 2.05) is 32.0 Å². The van der Waals surface area contributed by atoms with Crippen LogP contribution in [0.2, 0.25) is 0 Å². The summed E-state index contributed by atoms with van der Waals surface area (Å²) in [5.41, 5.74) is 2.23. The van der Waals surface area contributed by atoms with Gasteiger partial charge < -0.3 is 9.84 Å². The summed E-state index contributed by atoms with van der Waals surface area (Å²) in [6.07, 6.45) is 1.58. The molecule has 0 radical (unpaired) electrons. The third-order valence-corrected chi connectivity index (χ3v) is 2.54. The predicted octanol–water partition coefficient (Wildman–Crippen LogP) is 2.23. The molecule has 1 aromatic carbocycles. The Labute approximate surface area is 105 Å². The molecule has 2 aromatic rings. The molecule has 0 spiro atoms. The fraction of sp³-hybridized carbons (Fsp3) is 0.231. The van der Waals surface area contributed by atoms with Crippen LogP contribution in [-0.2, 0) is 6.73 Å². The minimum absolute atomic E-state index is 0.0132. The van der Waals surface area contributed by atoms with E-state index in [1.165, 1.54) is 16.3 Å². The Morgan fingerprint density at radius 2 is 2.17 bits per heavy atom. The molecule has 18 heavy (non-hydrogen) atoms. The molecule has 2 rings (SSSR count). The number of benzene rings is 1. The van der Waals surface area contributed by atoms with E-state index in [-0.39, 0.29) is 12.4 Å². The van der Waals surface area contributed by atoms with Gasteiger partial charge in [-0.2, -0.15) is 5.10 Å². The van der Waals surface area contributed by atoms with Gasteiger partial charge in [0.2, 0.25) is 0 Å². The molecule has 5 nitrogen and oxygen atoms in total. The highest BCUT2D eigenvalue weighted by atomic mass is 16.5. The lowest BCUT2D eigenvalue weighted by Crippen LogP contribution is -2.08. The fourth-order valence-corrected chi connectivity index (χ4v) is 1.64. The van der Waals surface area contributed by atoms with Gasteiger partial charge in [-0.15, -0.1) is 0 Å². The van der Waals surface area contributed by atoms with Crippen LogP contribution in [0, 0.1) is 13.8 Å². The molecule has 1 aromatic heterocycles. The van der Waals surface area contributed by atoms with Crippen molar-refractivity contribution in [1.82, 2.24) is 9.78 Å². The normalized spacial score (nSPS) is 10.3. The average molecular weight is 246 g/mol. The Hall–Kier alpha value is -2.30. The number of rotatable bonds is 4. The molecule has 0 aliphatic heterocycles. The summed E-state index contributed by atoms with van der Waals surface area (Å²) in [6.45, 7) is 4.18. The summed E-state index contributed by atoms with van der Waals surface area (Å²) in [5, 5.41) is 12.6. The number of carbonyl (C=O) groups is 1. The number of aromatic carboxylic acids is 1. The van der Waals surface area contributed by atoms with E-state index in [0.717, 1.165) is 11.3 Å². The third kappa shape index (κ3) is 2.68. The number of carboxylic acid groups (broad SMARTS) is 1. The van der Waals surface area contributed by atoms with Crippen LogP contribution in [0.25, 0.3) is 0 Å². The first-order valence-corrected chi connectivity index (χ1v) is 5.53. The molecule has 0 amide bonds. The second kappa shape index (κ2) is 4.91. The maximum Gasteiger partial charge on any atom is 0.356 e. The Bertz CT molecular complexity index is 575. The van der Waals surface area contributed by atoms with Crippen LogP contribution in [0.3, 0.4) is 0 Å². The molecule has 0 aliphatic rings. The van der Waals surface area contributed by atoms with E-state index in [9.17, 15) is 4.79 Å². The molecule has 0 atom stereocenters. The van der Waals surface area contributed by atoms with Gasteiger partial charge in [-0.3, -0.25) is 0 Å². The zero-order valence-corrected chi connectivity index (χ0v) is 10.3. The van der Waals surface area contributed by atoms with Crippen LogP contribution >= 0.6 is 0 Å². The molecular formula is C13H14N2O3. The van der Waals surface area contributed by atoms with Crippen molar-refractivity contribution in [2.75, 3.05) is 0 Å². The number of hydrogen-bond acceptors (Lipinski definition) is 3. The van der Waals surface area contributed by atoms with Gasteiger partial charge in [0.15, 0.2) is 12.4 Å². The van der Waals surface area contributed by atoms with Crippen LogP contribution in [0.1, 0.15) is 21.6 Å². The van der Waals surface area contributed by atoms with Gasteiger partial charge in [0.1, 0.15) is 5.75 Å². The van der Waals surface area contributed by atoms with Gasteiger partial charge in [0.25, 0.3) is 0 Å². The molecule has 0 bridgehead atoms. The topological polar surface area (TPSA) is 64.3 Å². The molecule has 1 N–H and O–H groups in total. The number of aromatic nitrogens is 2. The summed E-state index contributed by atoms with van der Waals surface area (Å²) < 4.78 is 7.03. The van der Waals surface area contributed by atoms with Gasteiger partial charge in [0.05, 0.1) is 0 Å². The van der Waals surface area contributed by atoms with Crippen molar-refractivity contribution in [2.45, 2.75) is 20.6 Å². The zero-order chi connectivity index (χ0) is 13.1. The highest BCUT2D eigenvalue weighted by Crippen LogP contribution is 2.18. The first-order chi connectivity index (χ1) is 8.56. The van der Waals surface area contributed by atoms with E-state index in [2.05, 4.69) is 5.10 Å². The van der Waals surface area contributed by atoms with Crippen LogP contribution in [0.5, 0.6) is 5.75 Å². The van der Waals surface area contributed by atoms with E-state index in [1.54, 1.807) is 6.20 Å². The molecule has 0 saturated heterocycles. The standard InChI is InChI=1S/C13H14N2O3/c1-9-3-4-12(10(2)7-9)18-8-15-6-5-11(14-15)13(16)17/h3-7H,8H2,1-2H3,(H,16,17). The number of carboxylic acids is 1. The van der Waals surface area contributed by atoms with Crippen molar-refractivity contribution in [1.29, 1.82) is 0 Å². The SMILES string of the molecule is Cc1ccc(OCn2ccc(C(=O)O)n2)c(C)c1. The summed E-state index contributed by atoms with van der Waals surface area (Å²) in [7, 11) is 0. The van der Waals surface area contributed by atoms with Crippen molar-refractivity contribution in [2.24, 2.45) is 0 Å². The Balaban J connectivity index is 2.04. The second-order valence-electron chi connectivity index (χ2n) is 4.09. The van der Waals surface area contributed by atoms with E-state index in [4.69, 9.17) is 9.84 Å². The van der Waals surface area contributed by atoms with Gasteiger partial charge in [-0.05, 0) is 31.5 Å². The van der Waals surface area contributed by atoms with Crippen LogP contribution < -0.4 is 4.74 Å². The quantitative estimate of drug-likeness (QED) is 0.898. The number of ether oxygens (including phenoxy) is 1. The van der Waals surface area contributed by atoms with Crippen molar-refractivity contribution in [3.63, 3.8) is 0 Å². The molecule has 94 valence electrons. The van der Waals surface area contributed by atoms with Crippen molar-refractivity contribution < 1.29 is 14.6 Å². The van der Waals surface area contributed by atoms with E-state index < -0.39 is 5.97 Å². The minimum Gasteiger partial charge on any atom is -0.476 e. The van der Waals surface area contributed by atoms with Gasteiger partial charge in [-0.1, -0.05) is 17.7 Å². The first kappa shape index (κ1) is 12.2. The lowest BCUT2D eigenvalue weighted by atomic mass is 10.1. The first-order valence-electron chi connectivity index (χ1n) is 5.53. The highest BCUT2D eigenvalue weighted by Gasteiger charge is 2.07. The smallest absolute Gasteiger partial charge is 0.356 e. The second-order valence-corrected chi connectivity index (χ2v) is 4.09. The lowest BCUT2D eigenvalue weighted by molar-refractivity contribution is 0.0688. The Kier molecular flexibility index (Phi) is 3.32. The molecular weight excluding hydrogens is 232 g/mol. The maximum absolute atomic E-state index is 10.7. The maximum atomic E-state index is 10.7. The van der Waals surface area contributed by atoms with Crippen LogP contribution in [0.15, 0.2) is 30.5 Å². The number of hydrogen-bond donors (Lipinski definition) is 1. The summed E-state index contributed by atoms with van der Waals surface area (Å²) in [5.74, 6) is -0.270. The Morgan fingerprint density at radius 3 is 2.78 bits per heavy atom. The molecule has 0 saturated carbocycles. The zero-order valence-electron chi connectivity index (χ0n) is 10.3. The lowest BCUT2D eigenvalue weighted by Gasteiger charge is -2.09. The van der Waals surface area contributed by atoms with Gasteiger partial charge in [-0.25, -0.2) is 9.48 Å². The average Bonchev–Trinajstić information content (AvgIpc) is 2.76. The summed E-state index contributed by atoms with van der Waals surface area (Å²) >= 11 is 0. The predicted molar refractivity (Wildman–Crippen MR) is 65.7 cm³/mol. The molecule has 5 heteroatoms. The minimum atomic E-state index is -1.04. The van der Waals surface area contributed by atoms with Crippen LogP contribution in [-0.4, -0.2) is 20.9 Å². The summed E-state index contributed by atoms with van der Waals surface area (Å²) in [4.78, 5) is 10.7. The molecule has 0 unspecified atom stereocenters. The highest BCUT2D eigenvalue weighted by molar-refractivity contribution is 5.84. The third-order valence-electron chi connectivity index (χ3n) is 2.54. The van der Waals surface area contributed by atoms with Crippen molar-refractivity contribution in [3.05, 3.63) is 47.3 Å².